The van der Waals surface area contributed by atoms with E-state index in [0.717, 1.165) is 42.3 Å². The number of aliphatic hydroxyl groups excluding tert-OH is 1. The Morgan fingerprint density at radius 1 is 1.04 bits per heavy atom. The molecule has 3 nitrogen and oxygen atoms in total. The molecule has 140 valence electrons. The smallest absolute Gasteiger partial charge is 0.159 e. The van der Waals surface area contributed by atoms with Gasteiger partial charge in [-0.3, -0.25) is 9.80 Å². The van der Waals surface area contributed by atoms with Gasteiger partial charge in [0.15, 0.2) is 11.6 Å². The molecule has 1 atom stereocenters. The molecule has 1 N–H and O–H groups in total. The van der Waals surface area contributed by atoms with Crippen LogP contribution in [0.5, 0.6) is 0 Å². The summed E-state index contributed by atoms with van der Waals surface area (Å²) in [6.07, 6.45) is 0.642. The highest BCUT2D eigenvalue weighted by Gasteiger charge is 2.27. The van der Waals surface area contributed by atoms with Crippen LogP contribution in [0.4, 0.5) is 8.78 Å². The van der Waals surface area contributed by atoms with E-state index in [9.17, 15) is 13.9 Å². The van der Waals surface area contributed by atoms with Crippen LogP contribution >= 0.6 is 11.6 Å². The number of nitrogens with zero attached hydrogens (tertiary/aromatic N) is 2. The average Bonchev–Trinajstić information content (AvgIpc) is 2.62. The van der Waals surface area contributed by atoms with E-state index in [1.54, 1.807) is 6.07 Å². The number of hydrogen-bond donors (Lipinski definition) is 1. The van der Waals surface area contributed by atoms with Crippen LogP contribution in [0, 0.1) is 11.6 Å². The van der Waals surface area contributed by atoms with Gasteiger partial charge in [-0.2, -0.15) is 0 Å². The Morgan fingerprint density at radius 3 is 2.58 bits per heavy atom. The molecular formula is C20H23ClF2N2O. The Hall–Kier alpha value is -1.53. The van der Waals surface area contributed by atoms with Crippen molar-refractivity contribution in [2.45, 2.75) is 25.6 Å². The van der Waals surface area contributed by atoms with Gasteiger partial charge in [0.1, 0.15) is 0 Å². The minimum Gasteiger partial charge on any atom is -0.396 e. The van der Waals surface area contributed by atoms with Gasteiger partial charge < -0.3 is 5.11 Å². The minimum atomic E-state index is -0.829. The molecule has 1 aliphatic heterocycles. The van der Waals surface area contributed by atoms with Crippen LogP contribution in [0.1, 0.15) is 17.5 Å². The van der Waals surface area contributed by atoms with Crippen molar-refractivity contribution in [1.82, 2.24) is 9.80 Å². The van der Waals surface area contributed by atoms with Gasteiger partial charge in [-0.25, -0.2) is 8.78 Å². The summed E-state index contributed by atoms with van der Waals surface area (Å²) in [6, 6.07) is 12.0. The monoisotopic (exact) mass is 380 g/mol. The van der Waals surface area contributed by atoms with Crippen LogP contribution in [0.3, 0.4) is 0 Å². The Labute approximate surface area is 157 Å². The molecule has 26 heavy (non-hydrogen) atoms. The van der Waals surface area contributed by atoms with Crippen molar-refractivity contribution in [1.29, 1.82) is 0 Å². The second kappa shape index (κ2) is 8.91. The van der Waals surface area contributed by atoms with Crippen molar-refractivity contribution in [2.75, 3.05) is 26.2 Å². The summed E-state index contributed by atoms with van der Waals surface area (Å²) in [6.45, 7) is 3.86. The van der Waals surface area contributed by atoms with Crippen LogP contribution in [-0.4, -0.2) is 47.2 Å². The first-order chi connectivity index (χ1) is 12.6. The molecule has 0 unspecified atom stereocenters. The lowest BCUT2D eigenvalue weighted by Gasteiger charge is -2.41. The average molecular weight is 381 g/mol. The lowest BCUT2D eigenvalue weighted by Crippen LogP contribution is -2.52. The molecule has 0 spiro atoms. The zero-order valence-corrected chi connectivity index (χ0v) is 15.3. The van der Waals surface area contributed by atoms with Crippen LogP contribution < -0.4 is 0 Å². The molecule has 0 saturated carbocycles. The van der Waals surface area contributed by atoms with Gasteiger partial charge in [-0.15, -0.1) is 0 Å². The maximum Gasteiger partial charge on any atom is 0.159 e. The minimum absolute atomic E-state index is 0.0961. The standard InChI is InChI=1S/C20H23ClF2N2O/c21-18-4-2-1-3-16(18)13-24-8-9-25(17(14-24)7-10-26)12-15-5-6-19(22)20(23)11-15/h1-6,11,17,26H,7-10,12-14H2/t17-/m1/s1. The Kier molecular flexibility index (Phi) is 6.59. The highest BCUT2D eigenvalue weighted by atomic mass is 35.5. The van der Waals surface area contributed by atoms with Gasteiger partial charge in [-0.05, 0) is 35.7 Å². The summed E-state index contributed by atoms with van der Waals surface area (Å²) in [5.41, 5.74) is 1.83. The van der Waals surface area contributed by atoms with E-state index < -0.39 is 11.6 Å². The third-order valence-electron chi connectivity index (χ3n) is 4.87. The largest absolute Gasteiger partial charge is 0.396 e. The van der Waals surface area contributed by atoms with Crippen molar-refractivity contribution in [3.63, 3.8) is 0 Å². The molecule has 6 heteroatoms. The second-order valence-corrected chi connectivity index (χ2v) is 7.12. The van der Waals surface area contributed by atoms with Crippen LogP contribution in [-0.2, 0) is 13.1 Å². The quantitative estimate of drug-likeness (QED) is 0.828. The summed E-state index contributed by atoms with van der Waals surface area (Å²) in [5, 5.41) is 10.2. The SMILES string of the molecule is OCC[C@@H]1CN(Cc2ccccc2Cl)CCN1Cc1ccc(F)c(F)c1. The molecule has 1 aliphatic rings. The van der Waals surface area contributed by atoms with Gasteiger partial charge in [0.25, 0.3) is 0 Å². The molecule has 0 bridgehead atoms. The van der Waals surface area contributed by atoms with E-state index in [-0.39, 0.29) is 12.6 Å². The number of aliphatic hydroxyl groups is 1. The van der Waals surface area contributed by atoms with E-state index in [4.69, 9.17) is 11.6 Å². The molecule has 0 amide bonds. The number of halogens is 3. The molecule has 2 aromatic carbocycles. The predicted molar refractivity (Wildman–Crippen MR) is 99.0 cm³/mol. The van der Waals surface area contributed by atoms with E-state index >= 15 is 0 Å². The lowest BCUT2D eigenvalue weighted by molar-refractivity contribution is 0.0499. The van der Waals surface area contributed by atoms with Crippen LogP contribution in [0.25, 0.3) is 0 Å². The fourth-order valence-corrected chi connectivity index (χ4v) is 3.67. The lowest BCUT2D eigenvalue weighted by atomic mass is 10.1. The van der Waals surface area contributed by atoms with Crippen molar-refractivity contribution >= 4 is 11.6 Å². The highest BCUT2D eigenvalue weighted by Crippen LogP contribution is 2.22. The fourth-order valence-electron chi connectivity index (χ4n) is 3.47. The Bertz CT molecular complexity index is 744. The van der Waals surface area contributed by atoms with Crippen molar-refractivity contribution in [3.8, 4) is 0 Å². The molecule has 0 aromatic heterocycles. The van der Waals surface area contributed by atoms with Gasteiger partial charge in [0.05, 0.1) is 0 Å². The Balaban J connectivity index is 1.65. The second-order valence-electron chi connectivity index (χ2n) is 6.71. The molecule has 1 saturated heterocycles. The van der Waals surface area contributed by atoms with Gasteiger partial charge in [-0.1, -0.05) is 35.9 Å². The highest BCUT2D eigenvalue weighted by molar-refractivity contribution is 6.31. The normalized spacial score (nSPS) is 19.0. The summed E-state index contributed by atoms with van der Waals surface area (Å²) < 4.78 is 26.6. The van der Waals surface area contributed by atoms with E-state index in [2.05, 4.69) is 9.80 Å². The first-order valence-corrected chi connectivity index (χ1v) is 9.19. The van der Waals surface area contributed by atoms with E-state index in [1.165, 1.54) is 12.1 Å². The molecule has 3 rings (SSSR count). The first-order valence-electron chi connectivity index (χ1n) is 8.81. The fraction of sp³-hybridized carbons (Fsp3) is 0.400. The van der Waals surface area contributed by atoms with Gasteiger partial charge >= 0.3 is 0 Å². The van der Waals surface area contributed by atoms with E-state index in [0.29, 0.717) is 13.0 Å². The number of hydrogen-bond acceptors (Lipinski definition) is 3. The first kappa shape index (κ1) is 19.2. The summed E-state index contributed by atoms with van der Waals surface area (Å²) in [4.78, 5) is 4.55. The number of benzene rings is 2. The number of rotatable bonds is 6. The van der Waals surface area contributed by atoms with Crippen molar-refractivity contribution < 1.29 is 13.9 Å². The zero-order valence-electron chi connectivity index (χ0n) is 14.5. The predicted octanol–water partition coefficient (Wildman–Crippen LogP) is 3.69. The Morgan fingerprint density at radius 2 is 1.85 bits per heavy atom. The summed E-state index contributed by atoms with van der Waals surface area (Å²) >= 11 is 6.26. The zero-order chi connectivity index (χ0) is 18.5. The molecule has 0 aliphatic carbocycles. The third-order valence-corrected chi connectivity index (χ3v) is 5.24. The number of piperazine rings is 1. The molecular weight excluding hydrogens is 358 g/mol. The molecule has 0 radical (unpaired) electrons. The topological polar surface area (TPSA) is 26.7 Å². The molecule has 1 heterocycles. The van der Waals surface area contributed by atoms with E-state index in [1.807, 2.05) is 24.3 Å². The molecule has 1 fully saturated rings. The third kappa shape index (κ3) is 4.80. The molecule has 2 aromatic rings. The van der Waals surface area contributed by atoms with Crippen molar-refractivity contribution in [2.24, 2.45) is 0 Å². The summed E-state index contributed by atoms with van der Waals surface area (Å²) in [7, 11) is 0. The van der Waals surface area contributed by atoms with Crippen LogP contribution in [0.15, 0.2) is 42.5 Å². The van der Waals surface area contributed by atoms with Crippen LogP contribution in [0.2, 0.25) is 5.02 Å². The van der Waals surface area contributed by atoms with Gasteiger partial charge in [0.2, 0.25) is 0 Å². The maximum atomic E-state index is 13.5. The maximum absolute atomic E-state index is 13.5. The van der Waals surface area contributed by atoms with Gasteiger partial charge in [0, 0.05) is 50.4 Å². The van der Waals surface area contributed by atoms with Crippen molar-refractivity contribution in [3.05, 3.63) is 70.2 Å². The summed E-state index contributed by atoms with van der Waals surface area (Å²) in [5.74, 6) is -1.65.